The van der Waals surface area contributed by atoms with Gasteiger partial charge in [-0.05, 0) is 38.5 Å². The second-order valence-corrected chi connectivity index (χ2v) is 4.47. The topological polar surface area (TPSA) is 39.1 Å². The van der Waals surface area contributed by atoms with Gasteiger partial charge in [0.25, 0.3) is 5.56 Å². The molecule has 0 amide bonds. The Morgan fingerprint density at radius 3 is 2.28 bits per heavy atom. The first-order valence-electron chi connectivity index (χ1n) is 5.80. The number of carbonyl (C=O) groups excluding carboxylic acids is 1. The monoisotopic (exact) mass is 241 g/mol. The van der Waals surface area contributed by atoms with Crippen LogP contribution in [0.5, 0.6) is 0 Å². The molecule has 0 N–H and O–H groups in total. The predicted octanol–water partition coefficient (Wildman–Crippen LogP) is 2.66. The number of hydrogen-bond donors (Lipinski definition) is 0. The van der Waals surface area contributed by atoms with Gasteiger partial charge in [-0.3, -0.25) is 14.2 Å². The molecule has 2 aromatic rings. The van der Waals surface area contributed by atoms with Crippen molar-refractivity contribution >= 4 is 5.78 Å². The van der Waals surface area contributed by atoms with Crippen LogP contribution in [0.15, 0.2) is 41.3 Å². The van der Waals surface area contributed by atoms with Crippen LogP contribution in [0.1, 0.15) is 28.4 Å². The summed E-state index contributed by atoms with van der Waals surface area (Å²) >= 11 is 0. The lowest BCUT2D eigenvalue weighted by Crippen LogP contribution is -2.19. The summed E-state index contributed by atoms with van der Waals surface area (Å²) < 4.78 is 1.56. The minimum Gasteiger partial charge on any atom is -0.294 e. The lowest BCUT2D eigenvalue weighted by atomic mass is 10.1. The van der Waals surface area contributed by atoms with Gasteiger partial charge in [-0.25, -0.2) is 0 Å². The molecular weight excluding hydrogens is 226 g/mol. The maximum absolute atomic E-state index is 12.0. The van der Waals surface area contributed by atoms with Gasteiger partial charge < -0.3 is 0 Å². The van der Waals surface area contributed by atoms with Crippen molar-refractivity contribution in [2.24, 2.45) is 0 Å². The summed E-state index contributed by atoms with van der Waals surface area (Å²) in [5.74, 6) is -0.0827. The maximum Gasteiger partial charge on any atom is 0.255 e. The van der Waals surface area contributed by atoms with Gasteiger partial charge in [0, 0.05) is 23.5 Å². The lowest BCUT2D eigenvalue weighted by Gasteiger charge is -2.09. The van der Waals surface area contributed by atoms with E-state index in [-0.39, 0.29) is 11.3 Å². The van der Waals surface area contributed by atoms with Gasteiger partial charge in [0.1, 0.15) is 0 Å². The Bertz CT molecular complexity index is 651. The van der Waals surface area contributed by atoms with E-state index in [1.807, 2.05) is 38.1 Å². The molecule has 0 radical (unpaired) electrons. The van der Waals surface area contributed by atoms with Gasteiger partial charge in [0.2, 0.25) is 0 Å². The van der Waals surface area contributed by atoms with Crippen LogP contribution < -0.4 is 5.56 Å². The van der Waals surface area contributed by atoms with Gasteiger partial charge in [0.15, 0.2) is 5.78 Å². The van der Waals surface area contributed by atoms with Gasteiger partial charge in [0.05, 0.1) is 0 Å². The van der Waals surface area contributed by atoms with Crippen LogP contribution in [0.4, 0.5) is 0 Å². The second kappa shape index (κ2) is 4.61. The second-order valence-electron chi connectivity index (χ2n) is 4.47. The zero-order valence-electron chi connectivity index (χ0n) is 10.7. The highest BCUT2D eigenvalue weighted by Crippen LogP contribution is 2.11. The molecule has 18 heavy (non-hydrogen) atoms. The molecule has 1 aromatic heterocycles. The average Bonchev–Trinajstić information content (AvgIpc) is 2.32. The minimum atomic E-state index is -0.186. The fraction of sp³-hybridized carbons (Fsp3) is 0.200. The standard InChI is InChI=1S/C15H15NO2/c1-10-4-6-13(7-5-10)16-9-11(2)14(12(3)17)8-15(16)18/h4-9H,1-3H3. The number of hydrogen-bond acceptors (Lipinski definition) is 2. The van der Waals surface area contributed by atoms with E-state index in [2.05, 4.69) is 0 Å². The summed E-state index contributed by atoms with van der Waals surface area (Å²) in [4.78, 5) is 23.4. The number of carbonyl (C=O) groups is 1. The molecule has 0 unspecified atom stereocenters. The Kier molecular flexibility index (Phi) is 3.15. The van der Waals surface area contributed by atoms with E-state index in [0.717, 1.165) is 16.8 Å². The fourth-order valence-electron chi connectivity index (χ4n) is 1.92. The van der Waals surface area contributed by atoms with E-state index in [1.165, 1.54) is 13.0 Å². The van der Waals surface area contributed by atoms with Crippen LogP contribution >= 0.6 is 0 Å². The van der Waals surface area contributed by atoms with Crippen LogP contribution in [0.25, 0.3) is 5.69 Å². The van der Waals surface area contributed by atoms with E-state index < -0.39 is 0 Å². The molecule has 3 heteroatoms. The third-order valence-corrected chi connectivity index (χ3v) is 2.94. The number of Topliss-reactive ketones (excluding diaryl/α,β-unsaturated/α-hetero) is 1. The van der Waals surface area contributed by atoms with Gasteiger partial charge >= 0.3 is 0 Å². The lowest BCUT2D eigenvalue weighted by molar-refractivity contribution is 0.101. The average molecular weight is 241 g/mol. The number of pyridine rings is 1. The molecule has 0 fully saturated rings. The van der Waals surface area contributed by atoms with Gasteiger partial charge in [-0.2, -0.15) is 0 Å². The van der Waals surface area contributed by atoms with Crippen LogP contribution in [0.3, 0.4) is 0 Å². The predicted molar refractivity (Wildman–Crippen MR) is 71.5 cm³/mol. The van der Waals surface area contributed by atoms with Crippen molar-refractivity contribution in [3.05, 3.63) is 63.6 Å². The summed E-state index contributed by atoms with van der Waals surface area (Å²) in [5, 5.41) is 0. The molecule has 0 saturated carbocycles. The molecule has 0 aliphatic heterocycles. The Morgan fingerprint density at radius 1 is 1.11 bits per heavy atom. The first-order chi connectivity index (χ1) is 8.49. The number of rotatable bonds is 2. The normalized spacial score (nSPS) is 10.4. The molecule has 2 rings (SSSR count). The van der Waals surface area contributed by atoms with Gasteiger partial charge in [-0.1, -0.05) is 17.7 Å². The highest BCUT2D eigenvalue weighted by Gasteiger charge is 2.08. The third kappa shape index (κ3) is 2.25. The molecule has 0 atom stereocenters. The minimum absolute atomic E-state index is 0.0827. The first kappa shape index (κ1) is 12.3. The Morgan fingerprint density at radius 2 is 1.72 bits per heavy atom. The summed E-state index contributed by atoms with van der Waals surface area (Å²) in [7, 11) is 0. The Labute approximate surface area is 106 Å². The number of nitrogens with zero attached hydrogens (tertiary/aromatic N) is 1. The molecule has 1 aromatic carbocycles. The van der Waals surface area contributed by atoms with Crippen LogP contribution in [-0.4, -0.2) is 10.4 Å². The quantitative estimate of drug-likeness (QED) is 0.758. The summed E-state index contributed by atoms with van der Waals surface area (Å²) in [5.41, 5.74) is 3.06. The molecule has 0 bridgehead atoms. The Balaban J connectivity index is 2.60. The number of aryl methyl sites for hydroxylation is 2. The number of benzene rings is 1. The van der Waals surface area contributed by atoms with E-state index in [4.69, 9.17) is 0 Å². The smallest absolute Gasteiger partial charge is 0.255 e. The molecule has 1 heterocycles. The largest absolute Gasteiger partial charge is 0.294 e. The van der Waals surface area contributed by atoms with E-state index in [1.54, 1.807) is 10.8 Å². The number of aromatic nitrogens is 1. The van der Waals surface area contributed by atoms with Gasteiger partial charge in [-0.15, -0.1) is 0 Å². The van der Waals surface area contributed by atoms with Crippen molar-refractivity contribution in [2.75, 3.05) is 0 Å². The zero-order chi connectivity index (χ0) is 13.3. The molecule has 3 nitrogen and oxygen atoms in total. The van der Waals surface area contributed by atoms with Crippen LogP contribution in [0, 0.1) is 13.8 Å². The SMILES string of the molecule is CC(=O)c1cc(=O)n(-c2ccc(C)cc2)cc1C. The first-order valence-corrected chi connectivity index (χ1v) is 5.80. The van der Waals surface area contributed by atoms with Crippen molar-refractivity contribution in [3.8, 4) is 5.69 Å². The van der Waals surface area contributed by atoms with E-state index >= 15 is 0 Å². The van der Waals surface area contributed by atoms with Crippen LogP contribution in [0.2, 0.25) is 0 Å². The summed E-state index contributed by atoms with van der Waals surface area (Å²) in [6, 6.07) is 9.09. The van der Waals surface area contributed by atoms with E-state index in [0.29, 0.717) is 5.56 Å². The molecule has 92 valence electrons. The van der Waals surface area contributed by atoms with E-state index in [9.17, 15) is 9.59 Å². The van der Waals surface area contributed by atoms with Crippen molar-refractivity contribution < 1.29 is 4.79 Å². The molecule has 0 aliphatic rings. The molecule has 0 aliphatic carbocycles. The highest BCUT2D eigenvalue weighted by molar-refractivity contribution is 5.95. The third-order valence-electron chi connectivity index (χ3n) is 2.94. The fourth-order valence-corrected chi connectivity index (χ4v) is 1.92. The maximum atomic E-state index is 12.0. The molecule has 0 saturated heterocycles. The molecule has 0 spiro atoms. The van der Waals surface area contributed by atoms with Crippen molar-refractivity contribution in [2.45, 2.75) is 20.8 Å². The summed E-state index contributed by atoms with van der Waals surface area (Å²) in [6.45, 7) is 5.30. The van der Waals surface area contributed by atoms with Crippen LogP contribution in [-0.2, 0) is 0 Å². The van der Waals surface area contributed by atoms with Crippen molar-refractivity contribution in [1.29, 1.82) is 0 Å². The van der Waals surface area contributed by atoms with Crippen molar-refractivity contribution in [3.63, 3.8) is 0 Å². The summed E-state index contributed by atoms with van der Waals surface area (Å²) in [6.07, 6.45) is 1.71. The zero-order valence-corrected chi connectivity index (χ0v) is 10.7. The van der Waals surface area contributed by atoms with Crippen molar-refractivity contribution in [1.82, 2.24) is 4.57 Å². The Hall–Kier alpha value is -2.16. The number of ketones is 1. The molecular formula is C15H15NO2. The highest BCUT2D eigenvalue weighted by atomic mass is 16.1.